The van der Waals surface area contributed by atoms with Crippen molar-refractivity contribution in [2.45, 2.75) is 43.8 Å². The van der Waals surface area contributed by atoms with E-state index in [0.717, 1.165) is 11.8 Å². The van der Waals surface area contributed by atoms with Crippen molar-refractivity contribution in [3.8, 4) is 0 Å². The lowest BCUT2D eigenvalue weighted by molar-refractivity contribution is -0.134. The summed E-state index contributed by atoms with van der Waals surface area (Å²) in [6, 6.07) is 17.2. The molecule has 7 heteroatoms. The first kappa shape index (κ1) is 21.7. The molecule has 0 aliphatic carbocycles. The number of Topliss-reactive ketones (excluding diaryl/α,β-unsaturated/α-hetero) is 1. The van der Waals surface area contributed by atoms with Gasteiger partial charge in [0.1, 0.15) is 5.60 Å². The van der Waals surface area contributed by atoms with Gasteiger partial charge >= 0.3 is 6.09 Å². The van der Waals surface area contributed by atoms with Gasteiger partial charge in [-0.2, -0.15) is 5.48 Å². The Bertz CT molecular complexity index is 833. The van der Waals surface area contributed by atoms with Crippen LogP contribution in [0, 0.1) is 0 Å². The summed E-state index contributed by atoms with van der Waals surface area (Å²) in [4.78, 5) is 44.0. The van der Waals surface area contributed by atoms with Crippen molar-refractivity contribution in [1.82, 2.24) is 5.48 Å². The van der Waals surface area contributed by atoms with Gasteiger partial charge in [0.05, 0.1) is 0 Å². The van der Waals surface area contributed by atoms with Gasteiger partial charge in [-0.3, -0.25) is 9.59 Å². The number of nitrogens with one attached hydrogen (secondary N) is 1. The minimum absolute atomic E-state index is 0.290. The van der Waals surface area contributed by atoms with Crippen LogP contribution in [-0.2, 0) is 14.4 Å². The van der Waals surface area contributed by atoms with Crippen LogP contribution in [0.15, 0.2) is 65.6 Å². The Kier molecular flexibility index (Phi) is 6.99. The summed E-state index contributed by atoms with van der Waals surface area (Å²) in [5.41, 5.74) is -0.329. The predicted molar refractivity (Wildman–Crippen MR) is 107 cm³/mol. The number of hydroxylamine groups is 1. The number of benzene rings is 2. The average Bonchev–Trinajstić information content (AvgIpc) is 2.65. The third-order valence-corrected chi connectivity index (χ3v) is 4.63. The SMILES string of the molecule is CC(C)(C)OC(=O)NO[C@](C)(C(=O)Sc1ccccc1)C(=O)c1ccccc1. The van der Waals surface area contributed by atoms with E-state index in [1.54, 1.807) is 75.4 Å². The molecule has 0 fully saturated rings. The molecule has 0 radical (unpaired) electrons. The van der Waals surface area contributed by atoms with Crippen molar-refractivity contribution in [2.75, 3.05) is 0 Å². The van der Waals surface area contributed by atoms with Crippen LogP contribution in [0.1, 0.15) is 38.1 Å². The van der Waals surface area contributed by atoms with Crippen molar-refractivity contribution in [3.05, 3.63) is 66.2 Å². The first-order chi connectivity index (χ1) is 13.1. The number of hydrogen-bond donors (Lipinski definition) is 1. The molecule has 0 aromatic heterocycles. The fourth-order valence-corrected chi connectivity index (χ4v) is 3.02. The third kappa shape index (κ3) is 5.94. The fourth-order valence-electron chi connectivity index (χ4n) is 2.18. The van der Waals surface area contributed by atoms with Gasteiger partial charge in [-0.05, 0) is 51.6 Å². The quantitative estimate of drug-likeness (QED) is 0.334. The van der Waals surface area contributed by atoms with Crippen molar-refractivity contribution < 1.29 is 24.0 Å². The summed E-state index contributed by atoms with van der Waals surface area (Å²) in [5, 5.41) is -0.566. The van der Waals surface area contributed by atoms with Gasteiger partial charge in [0, 0.05) is 10.5 Å². The second-order valence-corrected chi connectivity index (χ2v) is 8.18. The number of rotatable bonds is 6. The van der Waals surface area contributed by atoms with Crippen molar-refractivity contribution in [3.63, 3.8) is 0 Å². The van der Waals surface area contributed by atoms with Crippen LogP contribution in [0.2, 0.25) is 0 Å². The monoisotopic (exact) mass is 401 g/mol. The second kappa shape index (κ2) is 9.03. The minimum atomic E-state index is -1.95. The molecule has 2 aromatic carbocycles. The van der Waals surface area contributed by atoms with E-state index in [1.807, 2.05) is 6.07 Å². The van der Waals surface area contributed by atoms with Gasteiger partial charge in [-0.1, -0.05) is 48.5 Å². The zero-order chi connectivity index (χ0) is 20.8. The van der Waals surface area contributed by atoms with E-state index in [2.05, 4.69) is 5.48 Å². The Hall–Kier alpha value is -2.64. The maximum atomic E-state index is 13.0. The molecule has 1 N–H and O–H groups in total. The number of carbonyl (C=O) groups excluding carboxylic acids is 3. The lowest BCUT2D eigenvalue weighted by atomic mass is 9.96. The largest absolute Gasteiger partial charge is 0.442 e. The molecule has 6 nitrogen and oxygen atoms in total. The molecule has 28 heavy (non-hydrogen) atoms. The maximum Gasteiger partial charge on any atom is 0.431 e. The maximum absolute atomic E-state index is 13.0. The van der Waals surface area contributed by atoms with Crippen molar-refractivity contribution in [2.24, 2.45) is 0 Å². The van der Waals surface area contributed by atoms with E-state index in [0.29, 0.717) is 4.90 Å². The van der Waals surface area contributed by atoms with E-state index in [1.165, 1.54) is 6.92 Å². The number of hydrogen-bond acceptors (Lipinski definition) is 6. The number of ether oxygens (including phenoxy) is 1. The molecule has 2 aromatic rings. The first-order valence-electron chi connectivity index (χ1n) is 8.66. The van der Waals surface area contributed by atoms with Crippen LogP contribution >= 0.6 is 11.8 Å². The third-order valence-electron chi connectivity index (χ3n) is 3.55. The van der Waals surface area contributed by atoms with Gasteiger partial charge in [0.25, 0.3) is 0 Å². The summed E-state index contributed by atoms with van der Waals surface area (Å²) in [6.07, 6.45) is -0.892. The Morgan fingerprint density at radius 2 is 1.39 bits per heavy atom. The molecule has 0 saturated heterocycles. The summed E-state index contributed by atoms with van der Waals surface area (Å²) in [7, 11) is 0. The average molecular weight is 401 g/mol. The molecule has 0 heterocycles. The molecule has 148 valence electrons. The van der Waals surface area contributed by atoms with Gasteiger partial charge in [0.15, 0.2) is 0 Å². The number of thioether (sulfide) groups is 1. The van der Waals surface area contributed by atoms with Crippen LogP contribution in [0.5, 0.6) is 0 Å². The highest BCUT2D eigenvalue weighted by molar-refractivity contribution is 8.14. The first-order valence-corrected chi connectivity index (χ1v) is 9.47. The molecule has 1 amide bonds. The van der Waals surface area contributed by atoms with Gasteiger partial charge < -0.3 is 4.74 Å². The zero-order valence-corrected chi connectivity index (χ0v) is 17.0. The molecule has 0 aliphatic rings. The molecule has 0 spiro atoms. The standard InChI is InChI=1S/C21H23NO5S/c1-20(2,3)26-19(25)22-27-21(4,17(23)15-11-7-5-8-12-15)18(24)28-16-13-9-6-10-14-16/h5-14H,1-4H3,(H,22,25)/t21-/m0/s1. The van der Waals surface area contributed by atoms with E-state index in [-0.39, 0.29) is 5.56 Å². The van der Waals surface area contributed by atoms with Crippen molar-refractivity contribution >= 4 is 28.8 Å². The summed E-state index contributed by atoms with van der Waals surface area (Å²) in [5.74, 6) is -0.572. The summed E-state index contributed by atoms with van der Waals surface area (Å²) >= 11 is 0.861. The Balaban J connectivity index is 2.25. The second-order valence-electron chi connectivity index (χ2n) is 7.14. The van der Waals surface area contributed by atoms with Gasteiger partial charge in [0.2, 0.25) is 16.5 Å². The number of carbonyl (C=O) groups is 3. The summed E-state index contributed by atoms with van der Waals surface area (Å²) < 4.78 is 5.11. The smallest absolute Gasteiger partial charge is 0.431 e. The van der Waals surface area contributed by atoms with E-state index in [4.69, 9.17) is 9.57 Å². The van der Waals surface area contributed by atoms with Crippen LogP contribution in [0.3, 0.4) is 0 Å². The summed E-state index contributed by atoms with van der Waals surface area (Å²) in [6.45, 7) is 6.41. The lowest BCUT2D eigenvalue weighted by Crippen LogP contribution is -2.50. The predicted octanol–water partition coefficient (Wildman–Crippen LogP) is 4.40. The lowest BCUT2D eigenvalue weighted by Gasteiger charge is -2.27. The Morgan fingerprint density at radius 1 is 0.857 bits per heavy atom. The molecule has 0 saturated carbocycles. The minimum Gasteiger partial charge on any atom is -0.442 e. The highest BCUT2D eigenvalue weighted by Gasteiger charge is 2.45. The molecular weight excluding hydrogens is 378 g/mol. The Labute approximate surface area is 168 Å². The molecule has 1 atom stereocenters. The number of amides is 1. The van der Waals surface area contributed by atoms with Crippen LogP contribution in [0.4, 0.5) is 4.79 Å². The molecule has 0 aliphatic heterocycles. The molecule has 0 bridgehead atoms. The van der Waals surface area contributed by atoms with Crippen LogP contribution in [-0.4, -0.2) is 28.2 Å². The zero-order valence-electron chi connectivity index (χ0n) is 16.2. The van der Waals surface area contributed by atoms with Crippen LogP contribution in [0.25, 0.3) is 0 Å². The van der Waals surface area contributed by atoms with Crippen molar-refractivity contribution in [1.29, 1.82) is 0 Å². The van der Waals surface area contributed by atoms with E-state index < -0.39 is 28.2 Å². The molecule has 0 unspecified atom stereocenters. The molecular formula is C21H23NO5S. The Morgan fingerprint density at radius 3 is 1.93 bits per heavy atom. The van der Waals surface area contributed by atoms with Crippen LogP contribution < -0.4 is 5.48 Å². The van der Waals surface area contributed by atoms with Gasteiger partial charge in [-0.25, -0.2) is 9.63 Å². The normalized spacial score (nSPS) is 13.3. The van der Waals surface area contributed by atoms with E-state index >= 15 is 0 Å². The van der Waals surface area contributed by atoms with Gasteiger partial charge in [-0.15, -0.1) is 0 Å². The highest BCUT2D eigenvalue weighted by atomic mass is 32.2. The molecule has 2 rings (SSSR count). The number of ketones is 1. The highest BCUT2D eigenvalue weighted by Crippen LogP contribution is 2.29. The van der Waals surface area contributed by atoms with E-state index in [9.17, 15) is 14.4 Å². The topological polar surface area (TPSA) is 81.7 Å². The fraction of sp³-hybridized carbons (Fsp3) is 0.286.